The van der Waals surface area contributed by atoms with Crippen LogP contribution in [0.25, 0.3) is 0 Å². The summed E-state index contributed by atoms with van der Waals surface area (Å²) in [5.41, 5.74) is 2.11. The van der Waals surface area contributed by atoms with Crippen molar-refractivity contribution >= 4 is 27.5 Å². The molecule has 0 bridgehead atoms. The number of aromatic nitrogens is 2. The quantitative estimate of drug-likeness (QED) is 0.946. The molecular formula is C13H14BrN3O. The van der Waals surface area contributed by atoms with Gasteiger partial charge in [-0.2, -0.15) is 5.10 Å². The Morgan fingerprint density at radius 2 is 2.28 bits per heavy atom. The average Bonchev–Trinajstić information content (AvgIpc) is 2.70. The smallest absolute Gasteiger partial charge is 0.259 e. The normalized spacial score (nSPS) is 10.4. The van der Waals surface area contributed by atoms with E-state index >= 15 is 0 Å². The van der Waals surface area contributed by atoms with Gasteiger partial charge in [-0.1, -0.05) is 22.0 Å². The first-order valence-corrected chi connectivity index (χ1v) is 6.50. The minimum atomic E-state index is -0.134. The van der Waals surface area contributed by atoms with E-state index in [0.717, 1.165) is 22.4 Å². The fourth-order valence-electron chi connectivity index (χ4n) is 1.67. The van der Waals surface area contributed by atoms with E-state index < -0.39 is 0 Å². The van der Waals surface area contributed by atoms with Crippen LogP contribution in [0.3, 0.4) is 0 Å². The highest BCUT2D eigenvalue weighted by atomic mass is 79.9. The lowest BCUT2D eigenvalue weighted by molar-refractivity contribution is 0.102. The lowest BCUT2D eigenvalue weighted by atomic mass is 10.2. The van der Waals surface area contributed by atoms with Crippen molar-refractivity contribution in [2.75, 3.05) is 5.32 Å². The van der Waals surface area contributed by atoms with Gasteiger partial charge in [-0.15, -0.1) is 0 Å². The van der Waals surface area contributed by atoms with Gasteiger partial charge in [-0.3, -0.25) is 9.48 Å². The van der Waals surface area contributed by atoms with Gasteiger partial charge in [0.25, 0.3) is 5.91 Å². The summed E-state index contributed by atoms with van der Waals surface area (Å²) in [5, 5.41) is 7.11. The summed E-state index contributed by atoms with van der Waals surface area (Å²) in [6.45, 7) is 4.58. The molecule has 0 atom stereocenters. The molecule has 1 amide bonds. The van der Waals surface area contributed by atoms with E-state index in [-0.39, 0.29) is 5.91 Å². The van der Waals surface area contributed by atoms with Crippen LogP contribution in [-0.4, -0.2) is 15.7 Å². The van der Waals surface area contributed by atoms with Crippen LogP contribution in [0.5, 0.6) is 0 Å². The van der Waals surface area contributed by atoms with Gasteiger partial charge < -0.3 is 5.32 Å². The molecule has 0 saturated heterocycles. The molecular weight excluding hydrogens is 294 g/mol. The van der Waals surface area contributed by atoms with Crippen LogP contribution in [0.2, 0.25) is 0 Å². The summed E-state index contributed by atoms with van der Waals surface area (Å²) in [7, 11) is 0. The highest BCUT2D eigenvalue weighted by Gasteiger charge is 2.13. The lowest BCUT2D eigenvalue weighted by Crippen LogP contribution is -2.12. The van der Waals surface area contributed by atoms with Gasteiger partial charge in [0.2, 0.25) is 0 Å². The highest BCUT2D eigenvalue weighted by Crippen LogP contribution is 2.17. The summed E-state index contributed by atoms with van der Waals surface area (Å²) in [6.07, 6.45) is 1.77. The molecule has 2 aromatic rings. The van der Waals surface area contributed by atoms with Gasteiger partial charge in [-0.05, 0) is 32.0 Å². The van der Waals surface area contributed by atoms with Crippen molar-refractivity contribution in [3.63, 3.8) is 0 Å². The van der Waals surface area contributed by atoms with Gasteiger partial charge in [0.1, 0.15) is 0 Å². The van der Waals surface area contributed by atoms with E-state index in [1.165, 1.54) is 0 Å². The lowest BCUT2D eigenvalue weighted by Gasteiger charge is -2.04. The number of rotatable bonds is 3. The van der Waals surface area contributed by atoms with E-state index in [1.54, 1.807) is 10.9 Å². The molecule has 2 rings (SSSR count). The van der Waals surface area contributed by atoms with E-state index in [1.807, 2.05) is 38.1 Å². The number of nitrogens with zero attached hydrogens (tertiary/aromatic N) is 2. The molecule has 0 radical (unpaired) electrons. The first-order valence-electron chi connectivity index (χ1n) is 5.71. The van der Waals surface area contributed by atoms with Gasteiger partial charge in [0.15, 0.2) is 0 Å². The SMILES string of the molecule is CCn1cc(C(=O)Nc2cccc(Br)c2)c(C)n1. The summed E-state index contributed by atoms with van der Waals surface area (Å²) >= 11 is 3.37. The maximum absolute atomic E-state index is 12.1. The molecule has 18 heavy (non-hydrogen) atoms. The zero-order chi connectivity index (χ0) is 13.1. The van der Waals surface area contributed by atoms with Gasteiger partial charge in [0.05, 0.1) is 11.3 Å². The third-order valence-electron chi connectivity index (χ3n) is 2.60. The third kappa shape index (κ3) is 2.79. The molecule has 0 fully saturated rings. The Morgan fingerprint density at radius 1 is 1.50 bits per heavy atom. The Labute approximate surface area is 114 Å². The zero-order valence-electron chi connectivity index (χ0n) is 10.3. The number of hydrogen-bond donors (Lipinski definition) is 1. The monoisotopic (exact) mass is 307 g/mol. The average molecular weight is 308 g/mol. The molecule has 0 unspecified atom stereocenters. The molecule has 0 aliphatic rings. The van der Waals surface area contributed by atoms with Gasteiger partial charge >= 0.3 is 0 Å². The van der Waals surface area contributed by atoms with Crippen LogP contribution in [0.1, 0.15) is 23.0 Å². The van der Waals surface area contributed by atoms with E-state index in [4.69, 9.17) is 0 Å². The van der Waals surface area contributed by atoms with Crippen LogP contribution in [0.4, 0.5) is 5.69 Å². The number of anilines is 1. The molecule has 5 heteroatoms. The Bertz CT molecular complexity index is 577. The largest absolute Gasteiger partial charge is 0.322 e. The first kappa shape index (κ1) is 12.8. The molecule has 0 spiro atoms. The minimum Gasteiger partial charge on any atom is -0.322 e. The molecule has 0 aliphatic carbocycles. The van der Waals surface area contributed by atoms with Crippen LogP contribution in [0.15, 0.2) is 34.9 Å². The third-order valence-corrected chi connectivity index (χ3v) is 3.09. The first-order chi connectivity index (χ1) is 8.60. The zero-order valence-corrected chi connectivity index (χ0v) is 11.9. The van der Waals surface area contributed by atoms with Crippen LogP contribution in [-0.2, 0) is 6.54 Å². The number of carbonyl (C=O) groups excluding carboxylic acids is 1. The van der Waals surface area contributed by atoms with Crippen molar-refractivity contribution in [3.05, 3.63) is 46.2 Å². The van der Waals surface area contributed by atoms with Crippen molar-refractivity contribution in [1.82, 2.24) is 9.78 Å². The topological polar surface area (TPSA) is 46.9 Å². The summed E-state index contributed by atoms with van der Waals surface area (Å²) < 4.78 is 2.69. The second-order valence-corrected chi connectivity index (χ2v) is 4.86. The molecule has 0 aliphatic heterocycles. The van der Waals surface area contributed by atoms with Crippen LogP contribution < -0.4 is 5.32 Å². The maximum atomic E-state index is 12.1. The summed E-state index contributed by atoms with van der Waals surface area (Å²) in [5.74, 6) is -0.134. The predicted molar refractivity (Wildman–Crippen MR) is 74.7 cm³/mol. The fraction of sp³-hybridized carbons (Fsp3) is 0.231. The van der Waals surface area contributed by atoms with Crippen LogP contribution in [0, 0.1) is 6.92 Å². The number of nitrogens with one attached hydrogen (secondary N) is 1. The van der Waals surface area contributed by atoms with Crippen molar-refractivity contribution < 1.29 is 4.79 Å². The van der Waals surface area contributed by atoms with Crippen molar-refractivity contribution in [1.29, 1.82) is 0 Å². The standard InChI is InChI=1S/C13H14BrN3O/c1-3-17-8-12(9(2)16-17)13(18)15-11-6-4-5-10(14)7-11/h4-8H,3H2,1-2H3,(H,15,18). The molecule has 4 nitrogen and oxygen atoms in total. The number of halogens is 1. The van der Waals surface area contributed by atoms with Gasteiger partial charge in [-0.25, -0.2) is 0 Å². The maximum Gasteiger partial charge on any atom is 0.259 e. The molecule has 1 aromatic carbocycles. The molecule has 1 aromatic heterocycles. The minimum absolute atomic E-state index is 0.134. The molecule has 1 N–H and O–H groups in total. The van der Waals surface area contributed by atoms with E-state index in [9.17, 15) is 4.79 Å². The fourth-order valence-corrected chi connectivity index (χ4v) is 2.07. The Kier molecular flexibility index (Phi) is 3.81. The van der Waals surface area contributed by atoms with Crippen molar-refractivity contribution in [3.8, 4) is 0 Å². The Morgan fingerprint density at radius 3 is 2.89 bits per heavy atom. The van der Waals surface area contributed by atoms with Crippen molar-refractivity contribution in [2.45, 2.75) is 20.4 Å². The van der Waals surface area contributed by atoms with Crippen molar-refractivity contribution in [2.24, 2.45) is 0 Å². The number of benzene rings is 1. The number of aryl methyl sites for hydroxylation is 2. The highest BCUT2D eigenvalue weighted by molar-refractivity contribution is 9.10. The second kappa shape index (κ2) is 5.35. The number of amides is 1. The van der Waals surface area contributed by atoms with Gasteiger partial charge in [0, 0.05) is 22.9 Å². The second-order valence-electron chi connectivity index (χ2n) is 3.95. The Balaban J connectivity index is 2.19. The molecule has 94 valence electrons. The molecule has 1 heterocycles. The van der Waals surface area contributed by atoms with Crippen LogP contribution >= 0.6 is 15.9 Å². The summed E-state index contributed by atoms with van der Waals surface area (Å²) in [4.78, 5) is 12.1. The molecule has 0 saturated carbocycles. The number of carbonyl (C=O) groups is 1. The summed E-state index contributed by atoms with van der Waals surface area (Å²) in [6, 6.07) is 7.50. The van der Waals surface area contributed by atoms with E-state index in [0.29, 0.717) is 5.56 Å². The van der Waals surface area contributed by atoms with E-state index in [2.05, 4.69) is 26.3 Å². The predicted octanol–water partition coefficient (Wildman–Crippen LogP) is 3.23. The number of hydrogen-bond acceptors (Lipinski definition) is 2. The Hall–Kier alpha value is -1.62.